The van der Waals surface area contributed by atoms with Gasteiger partial charge in [0, 0.05) is 68.7 Å². The van der Waals surface area contributed by atoms with Gasteiger partial charge in [-0.3, -0.25) is 0 Å². The van der Waals surface area contributed by atoms with Gasteiger partial charge in [0.25, 0.3) is 11.6 Å². The zero-order valence-electron chi connectivity index (χ0n) is 41.9. The molecular weight excluding hydrogens is 1010 g/mol. The molecule has 1 aliphatic rings. The minimum atomic E-state index is 0. The van der Waals surface area contributed by atoms with Crippen molar-refractivity contribution in [2.24, 2.45) is 61.2 Å². The van der Waals surface area contributed by atoms with Crippen LogP contribution in [0.4, 0.5) is 0 Å². The molecule has 0 saturated heterocycles. The predicted molar refractivity (Wildman–Crippen MR) is 259 cm³/mol. The van der Waals surface area contributed by atoms with Crippen LogP contribution in [0.15, 0.2) is 123 Å². The quantitative estimate of drug-likeness (QED) is 0.0709. The maximum absolute atomic E-state index is 5.02. The zero-order valence-corrected chi connectivity index (χ0v) is 46.0. The van der Waals surface area contributed by atoms with Gasteiger partial charge in [0.05, 0.1) is 46.4 Å². The SMILES string of the molecule is CC1CCCC1C.Cc1cccc[n+]1C.Cc1n(C)cc[n+]1C.Cc1n2c3ccccc3c3ccccc3c2c[n+]1C.Cc1ncn(C)c1C.Cn1ccc[n+]1C.[CH-]=C[N+](C)=[C-]C.[U+2]. The third-order valence-corrected chi connectivity index (χ3v) is 12.3. The summed E-state index contributed by atoms with van der Waals surface area (Å²) in [5.41, 5.74) is 6.19. The van der Waals surface area contributed by atoms with E-state index < -0.39 is 0 Å². The van der Waals surface area contributed by atoms with Crippen LogP contribution in [0.1, 0.15) is 68.8 Å². The molecule has 8 aromatic rings. The molecule has 10 nitrogen and oxygen atoms in total. The second-order valence-corrected chi connectivity index (χ2v) is 16.6. The molecule has 6 aromatic heterocycles. The van der Waals surface area contributed by atoms with Gasteiger partial charge in [-0.25, -0.2) is 23.3 Å². The van der Waals surface area contributed by atoms with Crippen LogP contribution in [-0.4, -0.2) is 41.0 Å². The van der Waals surface area contributed by atoms with Crippen molar-refractivity contribution in [2.45, 2.75) is 74.7 Å². The number of hydrogen-bond donors (Lipinski definition) is 0. The van der Waals surface area contributed by atoms with Crippen LogP contribution in [0.2, 0.25) is 0 Å². The van der Waals surface area contributed by atoms with Gasteiger partial charge < -0.3 is 15.7 Å². The summed E-state index contributed by atoms with van der Waals surface area (Å²) in [6.07, 6.45) is 22.8. The molecule has 0 bridgehead atoms. The van der Waals surface area contributed by atoms with Crippen LogP contribution in [0.5, 0.6) is 0 Å². The van der Waals surface area contributed by atoms with Crippen molar-refractivity contribution in [1.29, 1.82) is 0 Å². The van der Waals surface area contributed by atoms with Crippen LogP contribution < -0.4 is 18.4 Å². The molecule has 2 aromatic carbocycles. The summed E-state index contributed by atoms with van der Waals surface area (Å²) in [5.74, 6) is 4.54. The van der Waals surface area contributed by atoms with Gasteiger partial charge in [0.2, 0.25) is 0 Å². The Bertz CT molecular complexity index is 2550. The number of rotatable bonds is 1. The normalized spacial score (nSPS) is 13.8. The fourth-order valence-electron chi connectivity index (χ4n) is 6.78. The van der Waals surface area contributed by atoms with E-state index in [1.165, 1.54) is 75.7 Å². The van der Waals surface area contributed by atoms with Gasteiger partial charge in [-0.2, -0.15) is 15.3 Å². The van der Waals surface area contributed by atoms with E-state index in [0.29, 0.717) is 0 Å². The van der Waals surface area contributed by atoms with Gasteiger partial charge in [0.1, 0.15) is 38.2 Å². The van der Waals surface area contributed by atoms with E-state index in [2.05, 4.69) is 143 Å². The molecule has 1 aliphatic carbocycles. The summed E-state index contributed by atoms with van der Waals surface area (Å²) in [5, 5.41) is 3.94. The molecule has 0 spiro atoms. The van der Waals surface area contributed by atoms with E-state index in [0.717, 1.165) is 17.5 Å². The Kier molecular flexibility index (Phi) is 23.4. The predicted octanol–water partition coefficient (Wildman–Crippen LogP) is 8.23. The van der Waals surface area contributed by atoms with Crippen molar-refractivity contribution in [2.75, 3.05) is 7.05 Å². The Balaban J connectivity index is 0.000000271. The number of benzene rings is 2. The minimum absolute atomic E-state index is 0. The summed E-state index contributed by atoms with van der Waals surface area (Å²) < 4.78 is 18.4. The van der Waals surface area contributed by atoms with Crippen LogP contribution in [0, 0.1) is 84.1 Å². The number of fused-ring (bicyclic) bond motifs is 6. The van der Waals surface area contributed by atoms with Crippen LogP contribution in [-0.2, 0) is 49.3 Å². The minimum Gasteiger partial charge on any atom is -0.554 e. The van der Waals surface area contributed by atoms with Crippen molar-refractivity contribution < 1.29 is 54.1 Å². The maximum atomic E-state index is 5.02. The van der Waals surface area contributed by atoms with E-state index in [4.69, 9.17) is 6.58 Å². The molecule has 2 unspecified atom stereocenters. The average molecular weight is 1090 g/mol. The zero-order chi connectivity index (χ0) is 46.8. The van der Waals surface area contributed by atoms with Gasteiger partial charge in [-0.15, -0.1) is 4.68 Å². The number of aromatic nitrogens is 9. The first kappa shape index (κ1) is 55.0. The van der Waals surface area contributed by atoms with E-state index >= 15 is 0 Å². The van der Waals surface area contributed by atoms with Crippen LogP contribution in [0.3, 0.4) is 0 Å². The number of aryl methyl sites for hydroxylation is 10. The average Bonchev–Trinajstić information content (AvgIpc) is 4.09. The first-order chi connectivity index (χ1) is 29.9. The van der Waals surface area contributed by atoms with Gasteiger partial charge >= 0.3 is 31.1 Å². The Hall–Kier alpha value is -5.11. The number of imidazole rings is 3. The molecule has 9 rings (SSSR count). The Morgan fingerprint density at radius 1 is 0.688 bits per heavy atom. The fourth-order valence-corrected chi connectivity index (χ4v) is 6.78. The number of para-hydroxylation sites is 1. The molecular formula is C53H77N10U+5. The molecule has 0 aliphatic heterocycles. The molecule has 2 atom stereocenters. The van der Waals surface area contributed by atoms with Gasteiger partial charge in [-0.05, 0) is 43.2 Å². The molecule has 338 valence electrons. The van der Waals surface area contributed by atoms with Crippen LogP contribution >= 0.6 is 0 Å². The maximum Gasteiger partial charge on any atom is 2.00 e. The Morgan fingerprint density at radius 2 is 1.27 bits per heavy atom. The molecule has 1 saturated carbocycles. The van der Waals surface area contributed by atoms with Crippen molar-refractivity contribution >= 4 is 33.4 Å². The smallest absolute Gasteiger partial charge is 0.554 e. The first-order valence-corrected chi connectivity index (χ1v) is 22.0. The van der Waals surface area contributed by atoms with Gasteiger partial charge in [0.15, 0.2) is 30.7 Å². The third kappa shape index (κ3) is 15.8. The Labute approximate surface area is 408 Å². The Morgan fingerprint density at radius 3 is 1.59 bits per heavy atom. The van der Waals surface area contributed by atoms with Crippen LogP contribution in [0.25, 0.3) is 27.2 Å². The summed E-state index contributed by atoms with van der Waals surface area (Å²) in [7, 11) is 16.0. The largest absolute Gasteiger partial charge is 2.00 e. The molecule has 0 N–H and O–H groups in total. The molecule has 0 radical (unpaired) electrons. The second kappa shape index (κ2) is 27.3. The first-order valence-electron chi connectivity index (χ1n) is 22.0. The van der Waals surface area contributed by atoms with E-state index in [9.17, 15) is 0 Å². The van der Waals surface area contributed by atoms with Crippen molar-refractivity contribution in [3.63, 3.8) is 0 Å². The summed E-state index contributed by atoms with van der Waals surface area (Å²) in [6.45, 7) is 21.9. The molecule has 11 heteroatoms. The second-order valence-electron chi connectivity index (χ2n) is 16.6. The van der Waals surface area contributed by atoms with Crippen molar-refractivity contribution in [1.82, 2.24) is 23.2 Å². The van der Waals surface area contributed by atoms with Crippen molar-refractivity contribution in [3.05, 3.63) is 158 Å². The molecule has 6 heterocycles. The van der Waals surface area contributed by atoms with Crippen molar-refractivity contribution in [3.8, 4) is 0 Å². The number of hydrogen-bond acceptors (Lipinski definition) is 1. The number of pyridine rings is 2. The number of nitrogens with zero attached hydrogens (tertiary/aromatic N) is 10. The molecule has 0 amide bonds. The molecule has 64 heavy (non-hydrogen) atoms. The van der Waals surface area contributed by atoms with E-state index in [-0.39, 0.29) is 31.1 Å². The van der Waals surface area contributed by atoms with Gasteiger partial charge in [-0.1, -0.05) is 82.5 Å². The summed E-state index contributed by atoms with van der Waals surface area (Å²) in [4.78, 5) is 4.08. The third-order valence-electron chi connectivity index (χ3n) is 12.3. The van der Waals surface area contributed by atoms with E-state index in [1.807, 2.05) is 126 Å². The standard InChI is InChI=1S/C17H15N2.C7H10N.C7H14.C6H11N2.C6H10N2.C5H9N2.C5H8N.U/c1-12-18(2)11-17-15-9-4-3-7-13(15)14-8-5-6-10-16(14)19(12)17;1-7-5-3-4-6-8(7)2;1-6-4-3-5-7(6)2;1-6-7(2)4-5-8(6)3;1-5-6(2)8(3)4-7-5;1-6-4-3-5-7(6)2;1-4-6(3)5-2;/h3-11H,1-2H3;3-6H,1-2H3;6-7H,3-5H2,1-2H3;4-5H,1-3H3;4H,1-3H3;3-5H,1-2H3;1,4H,2-3H3;/q2*+1;;+1;;+1;-1;+2. The topological polar surface area (TPSA) is 50.6 Å². The molecule has 1 fully saturated rings. The summed E-state index contributed by atoms with van der Waals surface area (Å²) in [6, 6.07) is 25.4. The summed E-state index contributed by atoms with van der Waals surface area (Å²) >= 11 is 0. The monoisotopic (exact) mass is 1090 g/mol. The fraction of sp³-hybridized carbons (Fsp3) is 0.396. The van der Waals surface area contributed by atoms with E-state index in [1.54, 1.807) is 11.5 Å².